The first-order valence-electron chi connectivity index (χ1n) is 3.76. The molecule has 0 unspecified atom stereocenters. The van der Waals surface area contributed by atoms with Crippen LogP contribution < -0.4 is 0 Å². The van der Waals surface area contributed by atoms with Gasteiger partial charge in [-0.1, -0.05) is 0 Å². The highest BCUT2D eigenvalue weighted by Crippen LogP contribution is 2.18. The Hall–Kier alpha value is -1.42. The molecule has 0 spiro atoms. The van der Waals surface area contributed by atoms with Crippen LogP contribution in [0.1, 0.15) is 5.56 Å². The maximum absolute atomic E-state index is 5.72. The molecule has 2 aromatic rings. The number of halogens is 1. The van der Waals surface area contributed by atoms with Crippen molar-refractivity contribution >= 4 is 11.6 Å². The van der Waals surface area contributed by atoms with Gasteiger partial charge in [0.25, 0.3) is 0 Å². The van der Waals surface area contributed by atoms with Gasteiger partial charge in [0.1, 0.15) is 5.69 Å². The molecule has 0 fully saturated rings. The molecule has 66 valence electrons. The van der Waals surface area contributed by atoms with Crippen LogP contribution in [0.2, 0.25) is 0 Å². The van der Waals surface area contributed by atoms with Crippen molar-refractivity contribution in [2.24, 2.45) is 0 Å². The highest BCUT2D eigenvalue weighted by atomic mass is 35.5. The van der Waals surface area contributed by atoms with E-state index in [4.69, 9.17) is 11.6 Å². The van der Waals surface area contributed by atoms with Crippen molar-refractivity contribution in [3.05, 3.63) is 30.4 Å². The standard InChI is InChI=1S/C8H7ClN4/c9-3-6-4-12-13-8(6)7-5-10-1-2-11-7/h1-2,4-5H,3H2,(H,12,13). The summed E-state index contributed by atoms with van der Waals surface area (Å²) in [5.41, 5.74) is 2.53. The van der Waals surface area contributed by atoms with Crippen LogP contribution in [0.25, 0.3) is 11.4 Å². The maximum Gasteiger partial charge on any atom is 0.107 e. The molecular formula is C8H7ClN4. The zero-order valence-corrected chi connectivity index (χ0v) is 7.49. The van der Waals surface area contributed by atoms with E-state index in [9.17, 15) is 0 Å². The van der Waals surface area contributed by atoms with E-state index in [0.717, 1.165) is 17.0 Å². The first kappa shape index (κ1) is 8.19. The summed E-state index contributed by atoms with van der Waals surface area (Å²) >= 11 is 5.72. The first-order chi connectivity index (χ1) is 6.42. The van der Waals surface area contributed by atoms with E-state index in [1.54, 1.807) is 24.8 Å². The lowest BCUT2D eigenvalue weighted by atomic mass is 10.2. The molecule has 0 aliphatic rings. The monoisotopic (exact) mass is 194 g/mol. The lowest BCUT2D eigenvalue weighted by Crippen LogP contribution is -1.87. The Bertz CT molecular complexity index is 384. The van der Waals surface area contributed by atoms with E-state index in [0.29, 0.717) is 5.88 Å². The van der Waals surface area contributed by atoms with Crippen LogP contribution in [0.5, 0.6) is 0 Å². The van der Waals surface area contributed by atoms with E-state index >= 15 is 0 Å². The summed E-state index contributed by atoms with van der Waals surface area (Å²) < 4.78 is 0. The molecule has 0 amide bonds. The smallest absolute Gasteiger partial charge is 0.107 e. The predicted molar refractivity (Wildman–Crippen MR) is 49.2 cm³/mol. The SMILES string of the molecule is ClCc1cn[nH]c1-c1cnccn1. The first-order valence-corrected chi connectivity index (χ1v) is 4.30. The molecule has 5 heteroatoms. The van der Waals surface area contributed by atoms with E-state index in [1.807, 2.05) is 0 Å². The third-order valence-electron chi connectivity index (χ3n) is 1.68. The number of nitrogens with zero attached hydrogens (tertiary/aromatic N) is 3. The summed E-state index contributed by atoms with van der Waals surface area (Å²) in [7, 11) is 0. The molecule has 2 heterocycles. The summed E-state index contributed by atoms with van der Waals surface area (Å²) in [5.74, 6) is 0.419. The second kappa shape index (κ2) is 3.53. The number of nitrogens with one attached hydrogen (secondary N) is 1. The van der Waals surface area contributed by atoms with Crippen LogP contribution in [-0.2, 0) is 5.88 Å². The third kappa shape index (κ3) is 1.53. The van der Waals surface area contributed by atoms with Gasteiger partial charge in [-0.25, -0.2) is 0 Å². The number of hydrogen-bond acceptors (Lipinski definition) is 3. The quantitative estimate of drug-likeness (QED) is 0.739. The average molecular weight is 195 g/mol. The summed E-state index contributed by atoms with van der Waals surface area (Å²) in [6.07, 6.45) is 6.62. The zero-order valence-electron chi connectivity index (χ0n) is 6.74. The van der Waals surface area contributed by atoms with Crippen LogP contribution in [0, 0.1) is 0 Å². The van der Waals surface area contributed by atoms with Gasteiger partial charge in [-0.15, -0.1) is 11.6 Å². The Morgan fingerprint density at radius 3 is 2.92 bits per heavy atom. The number of alkyl halides is 1. The highest BCUT2D eigenvalue weighted by molar-refractivity contribution is 6.17. The third-order valence-corrected chi connectivity index (χ3v) is 1.97. The molecule has 0 aromatic carbocycles. The molecule has 13 heavy (non-hydrogen) atoms. The molecular weight excluding hydrogens is 188 g/mol. The maximum atomic E-state index is 5.72. The van der Waals surface area contributed by atoms with Gasteiger partial charge in [0, 0.05) is 18.0 Å². The van der Waals surface area contributed by atoms with Gasteiger partial charge in [-0.2, -0.15) is 5.10 Å². The van der Waals surface area contributed by atoms with Crippen molar-refractivity contribution in [3.63, 3.8) is 0 Å². The Morgan fingerprint density at radius 1 is 1.31 bits per heavy atom. The van der Waals surface area contributed by atoms with E-state index < -0.39 is 0 Å². The van der Waals surface area contributed by atoms with Gasteiger partial charge in [-0.3, -0.25) is 15.1 Å². The van der Waals surface area contributed by atoms with Gasteiger partial charge in [0.2, 0.25) is 0 Å². The average Bonchev–Trinajstić information content (AvgIpc) is 2.67. The topological polar surface area (TPSA) is 54.5 Å². The molecule has 0 aliphatic heterocycles. The summed E-state index contributed by atoms with van der Waals surface area (Å²) in [6.45, 7) is 0. The Kier molecular flexibility index (Phi) is 2.23. The summed E-state index contributed by atoms with van der Waals surface area (Å²) in [6, 6.07) is 0. The zero-order chi connectivity index (χ0) is 9.10. The van der Waals surface area contributed by atoms with Gasteiger partial charge >= 0.3 is 0 Å². The largest absolute Gasteiger partial charge is 0.276 e. The van der Waals surface area contributed by atoms with Crippen LogP contribution in [0.3, 0.4) is 0 Å². The number of hydrogen-bond donors (Lipinski definition) is 1. The lowest BCUT2D eigenvalue weighted by Gasteiger charge is -1.96. The molecule has 0 bridgehead atoms. The van der Waals surface area contributed by atoms with Crippen molar-refractivity contribution in [2.75, 3.05) is 0 Å². The number of aromatic nitrogens is 4. The Labute approximate surface area is 80.0 Å². The van der Waals surface area contributed by atoms with Gasteiger partial charge < -0.3 is 0 Å². The van der Waals surface area contributed by atoms with Crippen molar-refractivity contribution in [1.82, 2.24) is 20.2 Å². The molecule has 2 aromatic heterocycles. The minimum absolute atomic E-state index is 0.419. The highest BCUT2D eigenvalue weighted by Gasteiger charge is 2.06. The van der Waals surface area contributed by atoms with Gasteiger partial charge in [0.15, 0.2) is 0 Å². The Morgan fingerprint density at radius 2 is 2.23 bits per heavy atom. The van der Waals surface area contributed by atoms with Crippen molar-refractivity contribution in [1.29, 1.82) is 0 Å². The molecule has 0 saturated carbocycles. The van der Waals surface area contributed by atoms with Crippen LogP contribution in [0.15, 0.2) is 24.8 Å². The summed E-state index contributed by atoms with van der Waals surface area (Å²) in [5, 5.41) is 6.73. The van der Waals surface area contributed by atoms with Crippen LogP contribution in [-0.4, -0.2) is 20.2 Å². The number of H-pyrrole nitrogens is 1. The van der Waals surface area contributed by atoms with E-state index in [2.05, 4.69) is 20.2 Å². The second-order valence-corrected chi connectivity index (χ2v) is 2.76. The number of rotatable bonds is 2. The molecule has 0 saturated heterocycles. The number of aromatic amines is 1. The lowest BCUT2D eigenvalue weighted by molar-refractivity contribution is 1.08. The van der Waals surface area contributed by atoms with Crippen LogP contribution in [0.4, 0.5) is 0 Å². The minimum atomic E-state index is 0.419. The molecule has 1 N–H and O–H groups in total. The fraction of sp³-hybridized carbons (Fsp3) is 0.125. The van der Waals surface area contributed by atoms with Crippen LogP contribution >= 0.6 is 11.6 Å². The summed E-state index contributed by atoms with van der Waals surface area (Å²) in [4.78, 5) is 8.10. The molecule has 4 nitrogen and oxygen atoms in total. The Balaban J connectivity index is 2.47. The molecule has 2 rings (SSSR count). The fourth-order valence-corrected chi connectivity index (χ4v) is 1.27. The van der Waals surface area contributed by atoms with Gasteiger partial charge in [0.05, 0.1) is 24.0 Å². The second-order valence-electron chi connectivity index (χ2n) is 2.49. The van der Waals surface area contributed by atoms with Gasteiger partial charge in [-0.05, 0) is 0 Å². The fourth-order valence-electron chi connectivity index (χ4n) is 1.06. The predicted octanol–water partition coefficient (Wildman–Crippen LogP) is 1.61. The molecule has 0 radical (unpaired) electrons. The van der Waals surface area contributed by atoms with Crippen molar-refractivity contribution in [2.45, 2.75) is 5.88 Å². The molecule has 0 atom stereocenters. The minimum Gasteiger partial charge on any atom is -0.276 e. The molecule has 0 aliphatic carbocycles. The van der Waals surface area contributed by atoms with Crippen molar-refractivity contribution in [3.8, 4) is 11.4 Å². The van der Waals surface area contributed by atoms with E-state index in [1.165, 1.54) is 0 Å². The normalized spacial score (nSPS) is 10.2. The van der Waals surface area contributed by atoms with E-state index in [-0.39, 0.29) is 0 Å². The van der Waals surface area contributed by atoms with Crippen molar-refractivity contribution < 1.29 is 0 Å².